The average molecular weight is 395 g/mol. The Labute approximate surface area is 151 Å². The Morgan fingerprint density at radius 3 is 2.15 bits per heavy atom. The van der Waals surface area contributed by atoms with E-state index in [4.69, 9.17) is 0 Å². The van der Waals surface area contributed by atoms with Crippen LogP contribution < -0.4 is 10.0 Å². The number of likely N-dealkylation sites (N-methyl/N-ethyl adjacent to an activating group) is 1. The van der Waals surface area contributed by atoms with E-state index in [0.717, 1.165) is 13.1 Å². The molecule has 1 amide bonds. The van der Waals surface area contributed by atoms with Crippen LogP contribution in [0.5, 0.6) is 0 Å². The lowest BCUT2D eigenvalue weighted by Crippen LogP contribution is -2.41. The molecular formula is C16H24F3N3O3S. The van der Waals surface area contributed by atoms with Crippen LogP contribution >= 0.6 is 0 Å². The van der Waals surface area contributed by atoms with Crippen molar-refractivity contribution in [3.05, 3.63) is 29.8 Å². The summed E-state index contributed by atoms with van der Waals surface area (Å²) in [5, 5.41) is 1.73. The third kappa shape index (κ3) is 6.93. The van der Waals surface area contributed by atoms with Gasteiger partial charge in [0.25, 0.3) is 5.91 Å². The van der Waals surface area contributed by atoms with E-state index in [0.29, 0.717) is 0 Å². The van der Waals surface area contributed by atoms with E-state index in [1.165, 1.54) is 24.3 Å². The van der Waals surface area contributed by atoms with Crippen molar-refractivity contribution < 1.29 is 26.4 Å². The fourth-order valence-corrected chi connectivity index (χ4v) is 3.48. The number of nitrogens with zero attached hydrogens (tertiary/aromatic N) is 1. The summed E-state index contributed by atoms with van der Waals surface area (Å²) in [5.41, 5.74) is -0.0512. The Hall–Kier alpha value is -1.65. The molecule has 0 bridgehead atoms. The second kappa shape index (κ2) is 9.33. The van der Waals surface area contributed by atoms with Crippen LogP contribution in [0, 0.1) is 0 Å². The van der Waals surface area contributed by atoms with Gasteiger partial charge < -0.3 is 5.32 Å². The lowest BCUT2D eigenvalue weighted by Gasteiger charge is -2.26. The molecule has 0 aliphatic carbocycles. The molecule has 10 heteroatoms. The number of halogens is 3. The quantitative estimate of drug-likeness (QED) is 0.670. The first-order valence-corrected chi connectivity index (χ1v) is 9.67. The van der Waals surface area contributed by atoms with Crippen molar-refractivity contribution in [3.8, 4) is 0 Å². The van der Waals surface area contributed by atoms with Gasteiger partial charge in [-0.05, 0) is 44.3 Å². The highest BCUT2D eigenvalue weighted by molar-refractivity contribution is 7.89. The maximum Gasteiger partial charge on any atom is 0.405 e. The minimum atomic E-state index is -4.51. The second-order valence-corrected chi connectivity index (χ2v) is 7.51. The molecule has 0 saturated heterocycles. The number of sulfonamides is 1. The van der Waals surface area contributed by atoms with Crippen molar-refractivity contribution in [2.24, 2.45) is 0 Å². The van der Waals surface area contributed by atoms with Crippen molar-refractivity contribution in [2.75, 3.05) is 26.2 Å². The van der Waals surface area contributed by atoms with Gasteiger partial charge in [0.15, 0.2) is 0 Å². The Balaban J connectivity index is 2.73. The Kier molecular flexibility index (Phi) is 8.04. The maximum absolute atomic E-state index is 12.3. The molecule has 0 spiro atoms. The molecule has 0 aromatic heterocycles. The topological polar surface area (TPSA) is 78.5 Å². The van der Waals surface area contributed by atoms with Crippen LogP contribution in [-0.2, 0) is 10.0 Å². The molecule has 1 aromatic carbocycles. The van der Waals surface area contributed by atoms with E-state index < -0.39 is 28.7 Å². The van der Waals surface area contributed by atoms with Crippen LogP contribution in [0.4, 0.5) is 13.2 Å². The van der Waals surface area contributed by atoms with Gasteiger partial charge in [-0.15, -0.1) is 0 Å². The first kappa shape index (κ1) is 22.4. The zero-order valence-corrected chi connectivity index (χ0v) is 15.7. The number of carbonyl (C=O) groups excluding carboxylic acids is 1. The Morgan fingerprint density at radius 1 is 1.15 bits per heavy atom. The molecule has 0 saturated carbocycles. The fourth-order valence-electron chi connectivity index (χ4n) is 2.36. The number of alkyl halides is 3. The van der Waals surface area contributed by atoms with Crippen molar-refractivity contribution in [3.63, 3.8) is 0 Å². The van der Waals surface area contributed by atoms with Crippen LogP contribution in [0.1, 0.15) is 31.1 Å². The van der Waals surface area contributed by atoms with Gasteiger partial charge in [-0.2, -0.15) is 13.2 Å². The molecule has 2 N–H and O–H groups in total. The number of hydrogen-bond acceptors (Lipinski definition) is 4. The third-order valence-electron chi connectivity index (χ3n) is 3.88. The number of amides is 1. The van der Waals surface area contributed by atoms with Crippen LogP contribution in [0.2, 0.25) is 0 Å². The summed E-state index contributed by atoms with van der Waals surface area (Å²) in [4.78, 5) is 13.7. The molecule has 0 aliphatic rings. The van der Waals surface area contributed by atoms with Crippen molar-refractivity contribution in [1.82, 2.24) is 14.9 Å². The number of rotatable bonds is 9. The standard InChI is InChI=1S/C16H24F3N3O3S/c1-4-22(5-2)12(3)10-21-26(24,25)14-8-6-13(7-9-14)15(23)20-11-16(17,18)19/h6-9,12,21H,4-5,10-11H2,1-3H3,(H,20,23)/t12-/m1/s1. The molecule has 26 heavy (non-hydrogen) atoms. The average Bonchev–Trinajstić information content (AvgIpc) is 2.58. The second-order valence-electron chi connectivity index (χ2n) is 5.74. The lowest BCUT2D eigenvalue weighted by atomic mass is 10.2. The van der Waals surface area contributed by atoms with Gasteiger partial charge in [0.1, 0.15) is 6.54 Å². The predicted molar refractivity (Wildman–Crippen MR) is 92.4 cm³/mol. The summed E-state index contributed by atoms with van der Waals surface area (Å²) >= 11 is 0. The van der Waals surface area contributed by atoms with Gasteiger partial charge in [-0.25, -0.2) is 13.1 Å². The Bertz CT molecular complexity index is 687. The minimum absolute atomic E-state index is 0.00666. The zero-order valence-electron chi connectivity index (χ0n) is 14.9. The van der Waals surface area contributed by atoms with Crippen molar-refractivity contribution >= 4 is 15.9 Å². The summed E-state index contributed by atoms with van der Waals surface area (Å²) in [5.74, 6) is -0.922. The molecule has 0 radical (unpaired) electrons. The SMILES string of the molecule is CCN(CC)[C@H](C)CNS(=O)(=O)c1ccc(C(=O)NCC(F)(F)F)cc1. The summed E-state index contributed by atoms with van der Waals surface area (Å²) in [6.07, 6.45) is -4.51. The smallest absolute Gasteiger partial charge is 0.343 e. The number of hydrogen-bond donors (Lipinski definition) is 2. The summed E-state index contributed by atoms with van der Waals surface area (Å²) in [7, 11) is -3.77. The van der Waals surface area contributed by atoms with Crippen LogP contribution in [0.15, 0.2) is 29.2 Å². The fraction of sp³-hybridized carbons (Fsp3) is 0.562. The normalized spacial score (nSPS) is 13.7. The van der Waals surface area contributed by atoms with Gasteiger partial charge in [0.05, 0.1) is 4.90 Å². The summed E-state index contributed by atoms with van der Waals surface area (Å²) < 4.78 is 63.4. The van der Waals surface area contributed by atoms with E-state index in [1.807, 2.05) is 20.8 Å². The van der Waals surface area contributed by atoms with Crippen LogP contribution in [-0.4, -0.2) is 57.6 Å². The number of nitrogens with one attached hydrogen (secondary N) is 2. The molecule has 0 unspecified atom stereocenters. The maximum atomic E-state index is 12.3. The van der Waals surface area contributed by atoms with Gasteiger partial charge in [0.2, 0.25) is 10.0 Å². The minimum Gasteiger partial charge on any atom is -0.343 e. The third-order valence-corrected chi connectivity index (χ3v) is 5.32. The first-order chi connectivity index (χ1) is 12.0. The monoisotopic (exact) mass is 395 g/mol. The van der Waals surface area contributed by atoms with Gasteiger partial charge in [-0.1, -0.05) is 13.8 Å². The van der Waals surface area contributed by atoms with Gasteiger partial charge >= 0.3 is 6.18 Å². The molecule has 0 fully saturated rings. The molecule has 6 nitrogen and oxygen atoms in total. The number of benzene rings is 1. The molecule has 148 valence electrons. The van der Waals surface area contributed by atoms with Gasteiger partial charge in [0, 0.05) is 18.2 Å². The van der Waals surface area contributed by atoms with E-state index in [2.05, 4.69) is 9.62 Å². The molecular weight excluding hydrogens is 371 g/mol. The molecule has 1 rings (SSSR count). The van der Waals surface area contributed by atoms with E-state index in [9.17, 15) is 26.4 Å². The summed E-state index contributed by atoms with van der Waals surface area (Å²) in [6, 6.07) is 4.73. The van der Waals surface area contributed by atoms with E-state index in [1.54, 1.807) is 5.32 Å². The van der Waals surface area contributed by atoms with E-state index in [-0.39, 0.29) is 23.0 Å². The number of carbonyl (C=O) groups is 1. The summed E-state index contributed by atoms with van der Waals surface area (Å²) in [6.45, 7) is 6.23. The predicted octanol–water partition coefficient (Wildman–Crippen LogP) is 1.99. The van der Waals surface area contributed by atoms with Crippen molar-refractivity contribution in [2.45, 2.75) is 37.9 Å². The molecule has 0 aliphatic heterocycles. The largest absolute Gasteiger partial charge is 0.405 e. The first-order valence-electron chi connectivity index (χ1n) is 8.19. The van der Waals surface area contributed by atoms with Crippen LogP contribution in [0.3, 0.4) is 0 Å². The van der Waals surface area contributed by atoms with Crippen molar-refractivity contribution in [1.29, 1.82) is 0 Å². The van der Waals surface area contributed by atoms with Gasteiger partial charge in [-0.3, -0.25) is 9.69 Å². The lowest BCUT2D eigenvalue weighted by molar-refractivity contribution is -0.123. The Morgan fingerprint density at radius 2 is 1.69 bits per heavy atom. The highest BCUT2D eigenvalue weighted by Gasteiger charge is 2.28. The molecule has 0 heterocycles. The highest BCUT2D eigenvalue weighted by atomic mass is 32.2. The van der Waals surface area contributed by atoms with Crippen LogP contribution in [0.25, 0.3) is 0 Å². The van der Waals surface area contributed by atoms with E-state index >= 15 is 0 Å². The zero-order chi connectivity index (χ0) is 20.0. The molecule has 1 atom stereocenters. The highest BCUT2D eigenvalue weighted by Crippen LogP contribution is 2.14. The molecule has 1 aromatic rings.